The Morgan fingerprint density at radius 1 is 1.50 bits per heavy atom. The van der Waals surface area contributed by atoms with E-state index in [0.29, 0.717) is 5.02 Å². The molecule has 1 aliphatic heterocycles. The molecule has 5 heteroatoms. The maximum absolute atomic E-state index is 12.1. The van der Waals surface area contributed by atoms with Crippen LogP contribution in [0.5, 0.6) is 0 Å². The highest BCUT2D eigenvalue weighted by Gasteiger charge is 2.19. The monoisotopic (exact) mass is 280 g/mol. The number of thiophene rings is 1. The third-order valence-corrected chi connectivity index (χ3v) is 4.56. The van der Waals surface area contributed by atoms with Gasteiger partial charge in [0.15, 0.2) is 0 Å². The molecule has 2 heterocycles. The third kappa shape index (κ3) is 2.23. The van der Waals surface area contributed by atoms with E-state index in [1.807, 2.05) is 24.3 Å². The van der Waals surface area contributed by atoms with E-state index in [4.69, 9.17) is 11.6 Å². The molecule has 1 amide bonds. The summed E-state index contributed by atoms with van der Waals surface area (Å²) >= 11 is 7.60. The minimum absolute atomic E-state index is 0.000895. The Morgan fingerprint density at radius 3 is 3.11 bits per heavy atom. The van der Waals surface area contributed by atoms with Crippen molar-refractivity contribution in [2.24, 2.45) is 0 Å². The van der Waals surface area contributed by atoms with Crippen LogP contribution in [-0.4, -0.2) is 25.0 Å². The van der Waals surface area contributed by atoms with Crippen LogP contribution in [0.4, 0.5) is 0 Å². The molecule has 2 aromatic rings. The number of nitrogens with one attached hydrogen (secondary N) is 2. The molecule has 1 aromatic heterocycles. The van der Waals surface area contributed by atoms with E-state index in [1.54, 1.807) is 0 Å². The Balaban J connectivity index is 1.85. The summed E-state index contributed by atoms with van der Waals surface area (Å²) in [6, 6.07) is 7.86. The van der Waals surface area contributed by atoms with Gasteiger partial charge in [-0.15, -0.1) is 11.3 Å². The van der Waals surface area contributed by atoms with Gasteiger partial charge in [-0.25, -0.2) is 0 Å². The number of amides is 1. The predicted octanol–water partition coefficient (Wildman–Crippen LogP) is 2.65. The molecule has 1 aromatic carbocycles. The van der Waals surface area contributed by atoms with Crippen molar-refractivity contribution in [3.63, 3.8) is 0 Å². The minimum atomic E-state index is 0.000895. The summed E-state index contributed by atoms with van der Waals surface area (Å²) in [6.45, 7) is 1.83. The van der Waals surface area contributed by atoms with Crippen molar-refractivity contribution in [1.82, 2.24) is 10.6 Å². The molecule has 18 heavy (non-hydrogen) atoms. The van der Waals surface area contributed by atoms with E-state index in [1.165, 1.54) is 11.3 Å². The number of benzene rings is 1. The predicted molar refractivity (Wildman–Crippen MR) is 75.6 cm³/mol. The van der Waals surface area contributed by atoms with Gasteiger partial charge in [-0.3, -0.25) is 4.79 Å². The van der Waals surface area contributed by atoms with Crippen LogP contribution in [-0.2, 0) is 0 Å². The zero-order chi connectivity index (χ0) is 12.5. The first kappa shape index (κ1) is 12.0. The van der Waals surface area contributed by atoms with Crippen molar-refractivity contribution in [1.29, 1.82) is 0 Å². The summed E-state index contributed by atoms with van der Waals surface area (Å²) in [5, 5.41) is 7.93. The summed E-state index contributed by atoms with van der Waals surface area (Å²) in [7, 11) is 0. The molecule has 94 valence electrons. The van der Waals surface area contributed by atoms with Gasteiger partial charge < -0.3 is 10.6 Å². The largest absolute Gasteiger partial charge is 0.347 e. The zero-order valence-corrected chi connectivity index (χ0v) is 11.3. The fourth-order valence-corrected chi connectivity index (χ4v) is 3.45. The van der Waals surface area contributed by atoms with Crippen molar-refractivity contribution in [3.05, 3.63) is 34.2 Å². The van der Waals surface area contributed by atoms with Crippen LogP contribution in [0.1, 0.15) is 16.1 Å². The maximum Gasteiger partial charge on any atom is 0.261 e. The summed E-state index contributed by atoms with van der Waals surface area (Å²) in [4.78, 5) is 12.8. The van der Waals surface area contributed by atoms with Gasteiger partial charge >= 0.3 is 0 Å². The number of carbonyl (C=O) groups excluding carboxylic acids is 1. The molecule has 0 bridgehead atoms. The second-order valence-electron chi connectivity index (χ2n) is 4.43. The van der Waals surface area contributed by atoms with Gasteiger partial charge in [0, 0.05) is 27.7 Å². The third-order valence-electron chi connectivity index (χ3n) is 3.13. The second kappa shape index (κ2) is 4.88. The SMILES string of the molecule is O=C(NC1CCNC1)c1cc2c(Cl)cccc2s1. The van der Waals surface area contributed by atoms with Crippen LogP contribution in [0.3, 0.4) is 0 Å². The van der Waals surface area contributed by atoms with Gasteiger partial charge in [-0.05, 0) is 31.2 Å². The smallest absolute Gasteiger partial charge is 0.261 e. The van der Waals surface area contributed by atoms with E-state index in [9.17, 15) is 4.79 Å². The van der Waals surface area contributed by atoms with Crippen molar-refractivity contribution in [2.75, 3.05) is 13.1 Å². The highest BCUT2D eigenvalue weighted by molar-refractivity contribution is 7.20. The number of halogens is 1. The Kier molecular flexibility index (Phi) is 3.24. The summed E-state index contributed by atoms with van der Waals surface area (Å²) < 4.78 is 1.05. The molecule has 0 radical (unpaired) electrons. The molecular formula is C13H13ClN2OS. The van der Waals surface area contributed by atoms with E-state index >= 15 is 0 Å². The van der Waals surface area contributed by atoms with Gasteiger partial charge in [0.1, 0.15) is 0 Å². The van der Waals surface area contributed by atoms with Crippen LogP contribution in [0.15, 0.2) is 24.3 Å². The number of rotatable bonds is 2. The maximum atomic E-state index is 12.1. The Bertz CT molecular complexity index is 590. The molecule has 0 saturated carbocycles. The fourth-order valence-electron chi connectivity index (χ4n) is 2.17. The first-order chi connectivity index (χ1) is 8.74. The highest BCUT2D eigenvalue weighted by Crippen LogP contribution is 2.31. The van der Waals surface area contributed by atoms with Crippen molar-refractivity contribution in [3.8, 4) is 0 Å². The van der Waals surface area contributed by atoms with Gasteiger partial charge in [0.25, 0.3) is 5.91 Å². The highest BCUT2D eigenvalue weighted by atomic mass is 35.5. The molecule has 1 aliphatic rings. The van der Waals surface area contributed by atoms with E-state index in [2.05, 4.69) is 10.6 Å². The molecule has 3 rings (SSSR count). The molecule has 2 N–H and O–H groups in total. The number of carbonyl (C=O) groups is 1. The molecule has 1 unspecified atom stereocenters. The number of fused-ring (bicyclic) bond motifs is 1. The van der Waals surface area contributed by atoms with Crippen molar-refractivity contribution in [2.45, 2.75) is 12.5 Å². The van der Waals surface area contributed by atoms with Gasteiger partial charge in [0.2, 0.25) is 0 Å². The number of hydrogen-bond acceptors (Lipinski definition) is 3. The van der Waals surface area contributed by atoms with Crippen LogP contribution >= 0.6 is 22.9 Å². The molecule has 1 fully saturated rings. The lowest BCUT2D eigenvalue weighted by atomic mass is 10.2. The lowest BCUT2D eigenvalue weighted by molar-refractivity contribution is 0.0944. The summed E-state index contributed by atoms with van der Waals surface area (Å²) in [6.07, 6.45) is 0.997. The molecule has 1 saturated heterocycles. The van der Waals surface area contributed by atoms with Gasteiger partial charge in [-0.1, -0.05) is 17.7 Å². The average Bonchev–Trinajstić information content (AvgIpc) is 2.97. The van der Waals surface area contributed by atoms with E-state index < -0.39 is 0 Å². The van der Waals surface area contributed by atoms with Crippen LogP contribution in [0.25, 0.3) is 10.1 Å². The topological polar surface area (TPSA) is 41.1 Å². The van der Waals surface area contributed by atoms with Crippen molar-refractivity contribution >= 4 is 38.9 Å². The zero-order valence-electron chi connectivity index (χ0n) is 9.70. The standard InChI is InChI=1S/C13H13ClN2OS/c14-10-2-1-3-11-9(10)6-12(18-11)13(17)16-8-4-5-15-7-8/h1-3,6,8,15H,4-5,7H2,(H,16,17). The van der Waals surface area contributed by atoms with Crippen molar-refractivity contribution < 1.29 is 4.79 Å². The minimum Gasteiger partial charge on any atom is -0.347 e. The van der Waals surface area contributed by atoms with Crippen LogP contribution < -0.4 is 10.6 Å². The van der Waals surface area contributed by atoms with Crippen LogP contribution in [0.2, 0.25) is 5.02 Å². The lowest BCUT2D eigenvalue weighted by Crippen LogP contribution is -2.35. The fraction of sp³-hybridized carbons (Fsp3) is 0.308. The molecule has 3 nitrogen and oxygen atoms in total. The quantitative estimate of drug-likeness (QED) is 0.888. The first-order valence-electron chi connectivity index (χ1n) is 5.94. The van der Waals surface area contributed by atoms with E-state index in [-0.39, 0.29) is 11.9 Å². The van der Waals surface area contributed by atoms with Crippen LogP contribution in [0, 0.1) is 0 Å². The Morgan fingerprint density at radius 2 is 2.39 bits per heavy atom. The second-order valence-corrected chi connectivity index (χ2v) is 5.92. The molecule has 0 spiro atoms. The lowest BCUT2D eigenvalue weighted by Gasteiger charge is -2.09. The Labute approximate surface area is 114 Å². The van der Waals surface area contributed by atoms with E-state index in [0.717, 1.165) is 34.5 Å². The van der Waals surface area contributed by atoms with Gasteiger partial charge in [-0.2, -0.15) is 0 Å². The summed E-state index contributed by atoms with van der Waals surface area (Å²) in [5.74, 6) is 0.000895. The molecule has 0 aliphatic carbocycles. The summed E-state index contributed by atoms with van der Waals surface area (Å²) in [5.41, 5.74) is 0. The Hall–Kier alpha value is -1.10. The average molecular weight is 281 g/mol. The van der Waals surface area contributed by atoms with Gasteiger partial charge in [0.05, 0.1) is 4.88 Å². The normalized spacial score (nSPS) is 19.3. The first-order valence-corrected chi connectivity index (χ1v) is 7.13. The molecular weight excluding hydrogens is 268 g/mol. The molecule has 1 atom stereocenters. The number of hydrogen-bond donors (Lipinski definition) is 2.